The highest BCUT2D eigenvalue weighted by Crippen LogP contribution is 2.35. The lowest BCUT2D eigenvalue weighted by molar-refractivity contribution is -0.141. The summed E-state index contributed by atoms with van der Waals surface area (Å²) in [6.45, 7) is 3.91. The Balaban J connectivity index is 2.25. The summed E-state index contributed by atoms with van der Waals surface area (Å²) < 4.78 is 5.25. The molecule has 1 heterocycles. The maximum absolute atomic E-state index is 11.3. The third-order valence-corrected chi connectivity index (χ3v) is 3.26. The first-order valence-corrected chi connectivity index (χ1v) is 5.91. The molecule has 0 aromatic heterocycles. The van der Waals surface area contributed by atoms with Crippen LogP contribution in [0.3, 0.4) is 0 Å². The van der Waals surface area contributed by atoms with Gasteiger partial charge in [-0.1, -0.05) is 29.8 Å². The summed E-state index contributed by atoms with van der Waals surface area (Å²) in [5.74, 6) is -0.0522. The molecule has 1 unspecified atom stereocenters. The van der Waals surface area contributed by atoms with E-state index in [9.17, 15) is 4.79 Å². The lowest BCUT2D eigenvalue weighted by Crippen LogP contribution is -2.23. The van der Waals surface area contributed by atoms with Gasteiger partial charge in [0.25, 0.3) is 0 Å². The van der Waals surface area contributed by atoms with Crippen molar-refractivity contribution in [3.8, 4) is 0 Å². The molecule has 1 aliphatic rings. The maximum atomic E-state index is 11.3. The van der Waals surface area contributed by atoms with Crippen LogP contribution in [0.4, 0.5) is 0 Å². The number of hydrogen-bond donors (Lipinski definition) is 0. The predicted octanol–water partition coefficient (Wildman–Crippen LogP) is 3.02. The fourth-order valence-corrected chi connectivity index (χ4v) is 2.34. The molecule has 0 bridgehead atoms. The van der Waals surface area contributed by atoms with E-state index in [-0.39, 0.29) is 23.4 Å². The Kier molecular flexibility index (Phi) is 3.20. The molecule has 1 aromatic carbocycles. The zero-order chi connectivity index (χ0) is 11.7. The minimum atomic E-state index is -0.197. The molecule has 3 atom stereocenters. The first-order chi connectivity index (χ1) is 7.58. The van der Waals surface area contributed by atoms with E-state index in [1.807, 2.05) is 38.1 Å². The Bertz CT molecular complexity index is 383. The summed E-state index contributed by atoms with van der Waals surface area (Å²) in [6, 6.07) is 8.20. The van der Waals surface area contributed by atoms with Gasteiger partial charge in [0, 0.05) is 5.92 Å². The molecule has 1 aliphatic heterocycles. The number of cyclic esters (lactones) is 1. The molecule has 1 fully saturated rings. The van der Waals surface area contributed by atoms with Gasteiger partial charge >= 0.3 is 5.97 Å². The van der Waals surface area contributed by atoms with Crippen molar-refractivity contribution >= 4 is 17.6 Å². The number of alkyl halides is 1. The fraction of sp³-hybridized carbons (Fsp3) is 0.462. The van der Waals surface area contributed by atoms with Gasteiger partial charge in [-0.25, -0.2) is 0 Å². The maximum Gasteiger partial charge on any atom is 0.306 e. The summed E-state index contributed by atoms with van der Waals surface area (Å²) >= 11 is 6.05. The van der Waals surface area contributed by atoms with Gasteiger partial charge in [0.2, 0.25) is 0 Å². The molecule has 3 heteroatoms. The summed E-state index contributed by atoms with van der Waals surface area (Å²) in [5, 5.41) is -0.155. The van der Waals surface area contributed by atoms with Crippen LogP contribution in [0.1, 0.15) is 30.4 Å². The minimum absolute atomic E-state index is 0.0978. The van der Waals surface area contributed by atoms with Crippen molar-refractivity contribution in [2.75, 3.05) is 0 Å². The average molecular weight is 239 g/mol. The van der Waals surface area contributed by atoms with Crippen molar-refractivity contribution < 1.29 is 9.53 Å². The molecule has 0 amide bonds. The molecule has 0 spiro atoms. The van der Waals surface area contributed by atoms with Crippen LogP contribution in [0.5, 0.6) is 0 Å². The first kappa shape index (κ1) is 11.5. The Labute approximate surface area is 101 Å². The SMILES string of the molecule is Cc1ccc([C@@H]2CC(=O)O[C@@H]2C(C)Cl)cc1. The second kappa shape index (κ2) is 4.46. The largest absolute Gasteiger partial charge is 0.460 e. The molecule has 2 rings (SSSR count). The van der Waals surface area contributed by atoms with Gasteiger partial charge in [-0.2, -0.15) is 0 Å². The van der Waals surface area contributed by atoms with Crippen molar-refractivity contribution in [2.45, 2.75) is 37.7 Å². The Morgan fingerprint density at radius 2 is 2.00 bits per heavy atom. The summed E-state index contributed by atoms with van der Waals surface area (Å²) in [5.41, 5.74) is 2.35. The smallest absolute Gasteiger partial charge is 0.306 e. The number of ether oxygens (including phenoxy) is 1. The van der Waals surface area contributed by atoms with Crippen molar-refractivity contribution in [3.63, 3.8) is 0 Å². The average Bonchev–Trinajstić information content (AvgIpc) is 2.61. The summed E-state index contributed by atoms with van der Waals surface area (Å²) in [6.07, 6.45) is 0.238. The topological polar surface area (TPSA) is 26.3 Å². The number of carbonyl (C=O) groups excluding carboxylic acids is 1. The van der Waals surface area contributed by atoms with Crippen LogP contribution in [-0.2, 0) is 9.53 Å². The fourth-order valence-electron chi connectivity index (χ4n) is 2.11. The zero-order valence-electron chi connectivity index (χ0n) is 9.44. The van der Waals surface area contributed by atoms with Crippen LogP contribution in [0, 0.1) is 6.92 Å². The van der Waals surface area contributed by atoms with Gasteiger partial charge in [0.05, 0.1) is 11.8 Å². The minimum Gasteiger partial charge on any atom is -0.460 e. The highest BCUT2D eigenvalue weighted by molar-refractivity contribution is 6.21. The third-order valence-electron chi connectivity index (χ3n) is 3.01. The number of halogens is 1. The molecular weight excluding hydrogens is 224 g/mol. The molecule has 0 aliphatic carbocycles. The van der Waals surface area contributed by atoms with Crippen molar-refractivity contribution in [3.05, 3.63) is 35.4 Å². The van der Waals surface area contributed by atoms with E-state index in [1.165, 1.54) is 5.56 Å². The van der Waals surface area contributed by atoms with Gasteiger partial charge < -0.3 is 4.74 Å². The number of esters is 1. The first-order valence-electron chi connectivity index (χ1n) is 5.48. The van der Waals surface area contributed by atoms with Gasteiger partial charge in [0.15, 0.2) is 0 Å². The van der Waals surface area contributed by atoms with Crippen LogP contribution >= 0.6 is 11.6 Å². The molecule has 86 valence electrons. The summed E-state index contributed by atoms with van der Waals surface area (Å²) in [4.78, 5) is 11.3. The number of aryl methyl sites for hydroxylation is 1. The van der Waals surface area contributed by atoms with E-state index in [0.717, 1.165) is 5.56 Å². The second-order valence-corrected chi connectivity index (χ2v) is 5.04. The number of rotatable bonds is 2. The third kappa shape index (κ3) is 2.22. The lowest BCUT2D eigenvalue weighted by atomic mass is 9.90. The number of benzene rings is 1. The van der Waals surface area contributed by atoms with Gasteiger partial charge in [-0.15, -0.1) is 11.6 Å². The monoisotopic (exact) mass is 238 g/mol. The van der Waals surface area contributed by atoms with Crippen molar-refractivity contribution in [1.82, 2.24) is 0 Å². The van der Waals surface area contributed by atoms with Crippen molar-refractivity contribution in [2.24, 2.45) is 0 Å². The quantitative estimate of drug-likeness (QED) is 0.585. The van der Waals surface area contributed by atoms with Crippen LogP contribution in [0.25, 0.3) is 0 Å². The molecule has 0 radical (unpaired) electrons. The highest BCUT2D eigenvalue weighted by Gasteiger charge is 2.38. The van der Waals surface area contributed by atoms with Crippen LogP contribution in [0.15, 0.2) is 24.3 Å². The van der Waals surface area contributed by atoms with Crippen LogP contribution in [-0.4, -0.2) is 17.5 Å². The number of hydrogen-bond acceptors (Lipinski definition) is 2. The van der Waals surface area contributed by atoms with Crippen LogP contribution in [0.2, 0.25) is 0 Å². The van der Waals surface area contributed by atoms with E-state index in [1.54, 1.807) is 0 Å². The molecule has 1 aromatic rings. The Hall–Kier alpha value is -1.02. The highest BCUT2D eigenvalue weighted by atomic mass is 35.5. The van der Waals surface area contributed by atoms with Crippen LogP contribution < -0.4 is 0 Å². The van der Waals surface area contributed by atoms with E-state index < -0.39 is 0 Å². The predicted molar refractivity (Wildman–Crippen MR) is 63.7 cm³/mol. The molecular formula is C13H15ClO2. The molecule has 1 saturated heterocycles. The van der Waals surface area contributed by atoms with E-state index in [4.69, 9.17) is 16.3 Å². The second-order valence-electron chi connectivity index (χ2n) is 4.35. The molecule has 0 saturated carbocycles. The van der Waals surface area contributed by atoms with Crippen molar-refractivity contribution in [1.29, 1.82) is 0 Å². The standard InChI is InChI=1S/C13H15ClO2/c1-8-3-5-10(6-4-8)11-7-12(15)16-13(11)9(2)14/h3-6,9,11,13H,7H2,1-2H3/t9?,11-,13+/m0/s1. The lowest BCUT2D eigenvalue weighted by Gasteiger charge is -2.19. The van der Waals surface area contributed by atoms with E-state index in [0.29, 0.717) is 6.42 Å². The zero-order valence-corrected chi connectivity index (χ0v) is 10.2. The van der Waals surface area contributed by atoms with Gasteiger partial charge in [-0.05, 0) is 19.4 Å². The Morgan fingerprint density at radius 1 is 1.38 bits per heavy atom. The van der Waals surface area contributed by atoms with E-state index >= 15 is 0 Å². The summed E-state index contributed by atoms with van der Waals surface area (Å²) in [7, 11) is 0. The normalized spacial score (nSPS) is 26.6. The molecule has 2 nitrogen and oxygen atoms in total. The Morgan fingerprint density at radius 3 is 2.56 bits per heavy atom. The molecule has 0 N–H and O–H groups in total. The molecule has 16 heavy (non-hydrogen) atoms. The number of carbonyl (C=O) groups is 1. The van der Waals surface area contributed by atoms with Gasteiger partial charge in [0.1, 0.15) is 6.10 Å². The van der Waals surface area contributed by atoms with E-state index in [2.05, 4.69) is 0 Å². The van der Waals surface area contributed by atoms with Gasteiger partial charge in [-0.3, -0.25) is 4.79 Å².